The normalized spacial score (nSPS) is 20.4. The summed E-state index contributed by atoms with van der Waals surface area (Å²) in [5.74, 6) is 0.492. The van der Waals surface area contributed by atoms with Gasteiger partial charge in [0.2, 0.25) is 0 Å². The molecule has 1 aliphatic rings. The monoisotopic (exact) mass is 354 g/mol. The molecule has 0 spiro atoms. The molecule has 2 unspecified atom stereocenters. The third-order valence-corrected chi connectivity index (χ3v) is 5.14. The Morgan fingerprint density at radius 1 is 1.38 bits per heavy atom. The zero-order chi connectivity index (χ0) is 15.2. The summed E-state index contributed by atoms with van der Waals surface area (Å²) in [6.07, 6.45) is 3.21. The van der Waals surface area contributed by atoms with E-state index in [4.69, 9.17) is 0 Å². The van der Waals surface area contributed by atoms with Crippen molar-refractivity contribution < 1.29 is 5.11 Å². The van der Waals surface area contributed by atoms with Crippen LogP contribution in [0.4, 0.5) is 0 Å². The Hall–Kier alpha value is -0.420. The van der Waals surface area contributed by atoms with Crippen LogP contribution in [0, 0.1) is 5.92 Å². The van der Waals surface area contributed by atoms with Crippen LogP contribution in [-0.2, 0) is 0 Å². The minimum absolute atomic E-state index is 0.154. The van der Waals surface area contributed by atoms with E-state index in [2.05, 4.69) is 50.4 Å². The molecule has 3 nitrogen and oxygen atoms in total. The molecule has 0 saturated carbocycles. The molecule has 2 atom stereocenters. The van der Waals surface area contributed by atoms with E-state index in [1.807, 2.05) is 14.0 Å². The number of aliphatic hydroxyl groups excluding tert-OH is 1. The molecule has 1 aliphatic heterocycles. The number of hydrogen-bond donors (Lipinski definition) is 2. The van der Waals surface area contributed by atoms with Crippen LogP contribution in [0.1, 0.15) is 37.8 Å². The van der Waals surface area contributed by atoms with Gasteiger partial charge in [0.05, 0.1) is 6.10 Å². The molecular formula is C17H27BrN2O. The van der Waals surface area contributed by atoms with Crippen LogP contribution in [0.5, 0.6) is 0 Å². The molecule has 1 saturated heterocycles. The van der Waals surface area contributed by atoms with Gasteiger partial charge in [-0.1, -0.05) is 28.1 Å². The summed E-state index contributed by atoms with van der Waals surface area (Å²) >= 11 is 3.55. The van der Waals surface area contributed by atoms with Crippen molar-refractivity contribution in [3.63, 3.8) is 0 Å². The fourth-order valence-corrected chi connectivity index (χ4v) is 3.59. The van der Waals surface area contributed by atoms with E-state index < -0.39 is 0 Å². The highest BCUT2D eigenvalue weighted by molar-refractivity contribution is 9.10. The van der Waals surface area contributed by atoms with Crippen molar-refractivity contribution >= 4 is 15.9 Å². The van der Waals surface area contributed by atoms with Gasteiger partial charge < -0.3 is 15.3 Å². The number of rotatable bonds is 6. The van der Waals surface area contributed by atoms with E-state index in [0.29, 0.717) is 12.0 Å². The Morgan fingerprint density at radius 3 is 2.67 bits per heavy atom. The number of aliphatic hydroxyl groups is 1. The van der Waals surface area contributed by atoms with E-state index in [9.17, 15) is 5.11 Å². The predicted molar refractivity (Wildman–Crippen MR) is 91.4 cm³/mol. The Morgan fingerprint density at radius 2 is 2.10 bits per heavy atom. The standard InChI is InChI=1S/C17H27BrN2O/c1-13(21)14-6-9-20(10-7-14)11-8-17(19-2)15-4-3-5-16(18)12-15/h3-5,12-14,17,19,21H,6-11H2,1-2H3. The zero-order valence-electron chi connectivity index (χ0n) is 13.1. The largest absolute Gasteiger partial charge is 0.393 e. The third kappa shape index (κ3) is 5.06. The molecule has 118 valence electrons. The Kier molecular flexibility index (Phi) is 6.68. The molecule has 21 heavy (non-hydrogen) atoms. The topological polar surface area (TPSA) is 35.5 Å². The quantitative estimate of drug-likeness (QED) is 0.823. The summed E-state index contributed by atoms with van der Waals surface area (Å²) < 4.78 is 1.14. The molecule has 0 aromatic heterocycles. The maximum Gasteiger partial charge on any atom is 0.0541 e. The summed E-state index contributed by atoms with van der Waals surface area (Å²) in [5, 5.41) is 13.1. The van der Waals surface area contributed by atoms with Gasteiger partial charge in [0.1, 0.15) is 0 Å². The highest BCUT2D eigenvalue weighted by atomic mass is 79.9. The molecule has 0 aliphatic carbocycles. The third-order valence-electron chi connectivity index (χ3n) is 4.65. The van der Waals surface area contributed by atoms with Crippen molar-refractivity contribution in [3.05, 3.63) is 34.3 Å². The van der Waals surface area contributed by atoms with Crippen molar-refractivity contribution in [3.8, 4) is 0 Å². The van der Waals surface area contributed by atoms with Crippen molar-refractivity contribution in [2.24, 2.45) is 5.92 Å². The lowest BCUT2D eigenvalue weighted by Gasteiger charge is -2.34. The second-order valence-corrected chi connectivity index (χ2v) is 7.02. The summed E-state index contributed by atoms with van der Waals surface area (Å²) in [4.78, 5) is 2.53. The maximum absolute atomic E-state index is 9.66. The first-order valence-corrected chi connectivity index (χ1v) is 8.72. The Bertz CT molecular complexity index is 431. The van der Waals surface area contributed by atoms with Gasteiger partial charge in [0.15, 0.2) is 0 Å². The van der Waals surface area contributed by atoms with Crippen molar-refractivity contribution in [1.82, 2.24) is 10.2 Å². The van der Waals surface area contributed by atoms with Gasteiger partial charge in [-0.05, 0) is 76.5 Å². The highest BCUT2D eigenvalue weighted by Gasteiger charge is 2.23. The van der Waals surface area contributed by atoms with E-state index >= 15 is 0 Å². The van der Waals surface area contributed by atoms with Crippen LogP contribution in [0.15, 0.2) is 28.7 Å². The SMILES string of the molecule is CNC(CCN1CCC(C(C)O)CC1)c1cccc(Br)c1. The number of likely N-dealkylation sites (tertiary alicyclic amines) is 1. The van der Waals surface area contributed by atoms with E-state index in [1.165, 1.54) is 5.56 Å². The van der Waals surface area contributed by atoms with E-state index in [-0.39, 0.29) is 6.10 Å². The molecule has 2 N–H and O–H groups in total. The van der Waals surface area contributed by atoms with Gasteiger partial charge in [-0.25, -0.2) is 0 Å². The zero-order valence-corrected chi connectivity index (χ0v) is 14.6. The number of benzene rings is 1. The van der Waals surface area contributed by atoms with Crippen molar-refractivity contribution in [2.45, 2.75) is 38.3 Å². The van der Waals surface area contributed by atoms with Gasteiger partial charge >= 0.3 is 0 Å². The first-order valence-electron chi connectivity index (χ1n) is 7.93. The number of nitrogens with zero attached hydrogens (tertiary/aromatic N) is 1. The predicted octanol–water partition coefficient (Wildman–Crippen LogP) is 3.19. The average molecular weight is 355 g/mol. The van der Waals surface area contributed by atoms with E-state index in [1.54, 1.807) is 0 Å². The Balaban J connectivity index is 1.82. The molecule has 4 heteroatoms. The molecule has 1 aromatic rings. The Labute approximate surface area is 136 Å². The molecule has 1 fully saturated rings. The lowest BCUT2D eigenvalue weighted by molar-refractivity contribution is 0.0706. The van der Waals surface area contributed by atoms with Crippen LogP contribution in [0.25, 0.3) is 0 Å². The highest BCUT2D eigenvalue weighted by Crippen LogP contribution is 2.24. The maximum atomic E-state index is 9.66. The summed E-state index contributed by atoms with van der Waals surface area (Å²) in [5.41, 5.74) is 1.34. The molecule has 0 bridgehead atoms. The minimum Gasteiger partial charge on any atom is -0.393 e. The molecule has 0 radical (unpaired) electrons. The number of nitrogens with one attached hydrogen (secondary N) is 1. The number of piperidine rings is 1. The summed E-state index contributed by atoms with van der Waals surface area (Å²) in [6, 6.07) is 8.94. The first kappa shape index (κ1) is 16.9. The molecular weight excluding hydrogens is 328 g/mol. The van der Waals surface area contributed by atoms with Gasteiger partial charge in [0, 0.05) is 10.5 Å². The number of halogens is 1. The molecule has 1 aromatic carbocycles. The van der Waals surface area contributed by atoms with Crippen LogP contribution in [-0.4, -0.2) is 42.8 Å². The van der Waals surface area contributed by atoms with Crippen molar-refractivity contribution in [1.29, 1.82) is 0 Å². The van der Waals surface area contributed by atoms with Crippen LogP contribution < -0.4 is 5.32 Å². The van der Waals surface area contributed by atoms with E-state index in [0.717, 1.165) is 43.4 Å². The van der Waals surface area contributed by atoms with Crippen LogP contribution >= 0.6 is 15.9 Å². The molecule has 1 heterocycles. The first-order chi connectivity index (χ1) is 10.1. The smallest absolute Gasteiger partial charge is 0.0541 e. The fraction of sp³-hybridized carbons (Fsp3) is 0.647. The summed E-state index contributed by atoms with van der Waals surface area (Å²) in [7, 11) is 2.03. The lowest BCUT2D eigenvalue weighted by Crippen LogP contribution is -2.38. The molecule has 2 rings (SSSR count). The second-order valence-electron chi connectivity index (χ2n) is 6.10. The lowest BCUT2D eigenvalue weighted by atomic mass is 9.92. The minimum atomic E-state index is -0.154. The number of hydrogen-bond acceptors (Lipinski definition) is 3. The van der Waals surface area contributed by atoms with Crippen LogP contribution in [0.3, 0.4) is 0 Å². The molecule has 0 amide bonds. The fourth-order valence-electron chi connectivity index (χ4n) is 3.17. The van der Waals surface area contributed by atoms with Crippen LogP contribution in [0.2, 0.25) is 0 Å². The van der Waals surface area contributed by atoms with Gasteiger partial charge in [-0.15, -0.1) is 0 Å². The van der Waals surface area contributed by atoms with Gasteiger partial charge in [0.25, 0.3) is 0 Å². The average Bonchev–Trinajstić information content (AvgIpc) is 2.48. The van der Waals surface area contributed by atoms with Crippen molar-refractivity contribution in [2.75, 3.05) is 26.7 Å². The van der Waals surface area contributed by atoms with Gasteiger partial charge in [-0.2, -0.15) is 0 Å². The second kappa shape index (κ2) is 8.28. The van der Waals surface area contributed by atoms with Gasteiger partial charge in [-0.3, -0.25) is 0 Å². The summed E-state index contributed by atoms with van der Waals surface area (Å²) in [6.45, 7) is 5.27.